The van der Waals surface area contributed by atoms with Crippen molar-refractivity contribution < 1.29 is 0 Å². The molecule has 5 nitrogen and oxygen atoms in total. The quantitative estimate of drug-likeness (QED) is 0.944. The fourth-order valence-electron chi connectivity index (χ4n) is 3.26. The number of nitrogens with zero attached hydrogens (tertiary/aromatic N) is 4. The maximum Gasteiger partial charge on any atom is 0.155 e. The van der Waals surface area contributed by atoms with E-state index in [1.54, 1.807) is 6.33 Å². The molecule has 2 N–H and O–H groups in total. The standard InChI is InChI=1S/C18H25N5/c1-4-22-5-7-23(8-6-22)18-16(19)17(20-12-21-18)15-10-13(2)9-14(3)11-15/h9-12H,4-8,19H2,1-3H3. The average Bonchev–Trinajstić information content (AvgIpc) is 2.54. The lowest BCUT2D eigenvalue weighted by atomic mass is 10.0. The number of hydrogen-bond acceptors (Lipinski definition) is 5. The molecule has 5 heteroatoms. The van der Waals surface area contributed by atoms with Crippen molar-refractivity contribution in [2.45, 2.75) is 20.8 Å². The van der Waals surface area contributed by atoms with E-state index >= 15 is 0 Å². The van der Waals surface area contributed by atoms with Gasteiger partial charge in [-0.15, -0.1) is 0 Å². The molecule has 1 saturated heterocycles. The SMILES string of the molecule is CCN1CCN(c2ncnc(-c3cc(C)cc(C)c3)c2N)CC1. The van der Waals surface area contributed by atoms with Gasteiger partial charge in [-0.25, -0.2) is 9.97 Å². The predicted octanol–water partition coefficient (Wildman–Crippen LogP) is 2.48. The number of aromatic nitrogens is 2. The molecule has 0 unspecified atom stereocenters. The highest BCUT2D eigenvalue weighted by atomic mass is 15.3. The summed E-state index contributed by atoms with van der Waals surface area (Å²) in [6.07, 6.45) is 1.63. The maximum absolute atomic E-state index is 6.43. The van der Waals surface area contributed by atoms with E-state index in [2.05, 4.69) is 58.7 Å². The molecule has 0 bridgehead atoms. The van der Waals surface area contributed by atoms with Gasteiger partial charge in [0.05, 0.1) is 5.69 Å². The van der Waals surface area contributed by atoms with Crippen LogP contribution in [0.1, 0.15) is 18.1 Å². The second-order valence-corrected chi connectivity index (χ2v) is 6.26. The van der Waals surface area contributed by atoms with Crippen LogP contribution in [0.5, 0.6) is 0 Å². The number of aryl methyl sites for hydroxylation is 2. The minimum atomic E-state index is 0.683. The molecule has 3 rings (SSSR count). The Morgan fingerprint density at radius 3 is 2.26 bits per heavy atom. The highest BCUT2D eigenvalue weighted by molar-refractivity contribution is 5.81. The van der Waals surface area contributed by atoms with E-state index in [0.29, 0.717) is 5.69 Å². The first-order valence-corrected chi connectivity index (χ1v) is 8.25. The van der Waals surface area contributed by atoms with E-state index in [1.807, 2.05) is 0 Å². The van der Waals surface area contributed by atoms with Crippen molar-refractivity contribution in [3.05, 3.63) is 35.7 Å². The molecule has 0 amide bonds. The maximum atomic E-state index is 6.43. The van der Waals surface area contributed by atoms with Gasteiger partial charge in [-0.05, 0) is 32.5 Å². The van der Waals surface area contributed by atoms with Crippen LogP contribution in [0.4, 0.5) is 11.5 Å². The van der Waals surface area contributed by atoms with E-state index in [1.165, 1.54) is 11.1 Å². The second kappa shape index (κ2) is 6.54. The van der Waals surface area contributed by atoms with Crippen LogP contribution in [0, 0.1) is 13.8 Å². The first-order valence-electron chi connectivity index (χ1n) is 8.25. The largest absolute Gasteiger partial charge is 0.394 e. The molecule has 2 aromatic rings. The third kappa shape index (κ3) is 3.29. The Bertz CT molecular complexity index is 670. The smallest absolute Gasteiger partial charge is 0.155 e. The summed E-state index contributed by atoms with van der Waals surface area (Å²) in [6.45, 7) is 11.5. The molecule has 1 aromatic carbocycles. The number of nitrogen functional groups attached to an aromatic ring is 1. The highest BCUT2D eigenvalue weighted by Gasteiger charge is 2.20. The molecule has 0 atom stereocenters. The molecule has 0 spiro atoms. The Balaban J connectivity index is 1.92. The summed E-state index contributed by atoms with van der Waals surface area (Å²) in [6, 6.07) is 6.42. The molecule has 1 aliphatic rings. The molecule has 0 saturated carbocycles. The minimum Gasteiger partial charge on any atom is -0.394 e. The molecular formula is C18H25N5. The Hall–Kier alpha value is -2.14. The second-order valence-electron chi connectivity index (χ2n) is 6.26. The average molecular weight is 311 g/mol. The van der Waals surface area contributed by atoms with Gasteiger partial charge < -0.3 is 15.5 Å². The van der Waals surface area contributed by atoms with Crippen LogP contribution >= 0.6 is 0 Å². The summed E-state index contributed by atoms with van der Waals surface area (Å²) in [5, 5.41) is 0. The summed E-state index contributed by atoms with van der Waals surface area (Å²) < 4.78 is 0. The molecule has 1 aromatic heterocycles. The normalized spacial score (nSPS) is 15.9. The molecule has 2 heterocycles. The molecule has 0 aliphatic carbocycles. The van der Waals surface area contributed by atoms with Gasteiger partial charge in [0.1, 0.15) is 12.0 Å². The fraction of sp³-hybridized carbons (Fsp3) is 0.444. The number of hydrogen-bond donors (Lipinski definition) is 1. The van der Waals surface area contributed by atoms with Crippen molar-refractivity contribution in [2.24, 2.45) is 0 Å². The van der Waals surface area contributed by atoms with Gasteiger partial charge >= 0.3 is 0 Å². The van der Waals surface area contributed by atoms with Crippen molar-refractivity contribution >= 4 is 11.5 Å². The third-order valence-corrected chi connectivity index (χ3v) is 4.48. The summed E-state index contributed by atoms with van der Waals surface area (Å²) in [5.41, 5.74) is 11.5. The van der Waals surface area contributed by atoms with E-state index in [0.717, 1.165) is 49.8 Å². The van der Waals surface area contributed by atoms with E-state index in [-0.39, 0.29) is 0 Å². The fourth-order valence-corrected chi connectivity index (χ4v) is 3.26. The molecule has 0 radical (unpaired) electrons. The van der Waals surface area contributed by atoms with E-state index < -0.39 is 0 Å². The van der Waals surface area contributed by atoms with Crippen LogP contribution in [0.2, 0.25) is 0 Å². The number of nitrogens with two attached hydrogens (primary N) is 1. The van der Waals surface area contributed by atoms with Gasteiger partial charge in [-0.1, -0.05) is 24.1 Å². The highest BCUT2D eigenvalue weighted by Crippen LogP contribution is 2.31. The van der Waals surface area contributed by atoms with Crippen molar-refractivity contribution in [2.75, 3.05) is 43.4 Å². The number of rotatable bonds is 3. The lowest BCUT2D eigenvalue weighted by Gasteiger charge is -2.35. The summed E-state index contributed by atoms with van der Waals surface area (Å²) >= 11 is 0. The lowest BCUT2D eigenvalue weighted by molar-refractivity contribution is 0.270. The monoisotopic (exact) mass is 311 g/mol. The van der Waals surface area contributed by atoms with E-state index in [4.69, 9.17) is 5.73 Å². The summed E-state index contributed by atoms with van der Waals surface area (Å²) in [7, 11) is 0. The van der Waals surface area contributed by atoms with Gasteiger partial charge in [0.25, 0.3) is 0 Å². The predicted molar refractivity (Wildman–Crippen MR) is 95.7 cm³/mol. The first kappa shape index (κ1) is 15.7. The Kier molecular flexibility index (Phi) is 4.48. The van der Waals surface area contributed by atoms with Gasteiger partial charge in [0.15, 0.2) is 5.82 Å². The zero-order valence-corrected chi connectivity index (χ0v) is 14.2. The van der Waals surface area contributed by atoms with Crippen molar-refractivity contribution in [1.29, 1.82) is 0 Å². The van der Waals surface area contributed by atoms with Crippen LogP contribution in [0.25, 0.3) is 11.3 Å². The molecular weight excluding hydrogens is 286 g/mol. The summed E-state index contributed by atoms with van der Waals surface area (Å²) in [5.74, 6) is 0.866. The minimum absolute atomic E-state index is 0.683. The van der Waals surface area contributed by atoms with Gasteiger partial charge in [-0.2, -0.15) is 0 Å². The Labute approximate surface area is 138 Å². The number of piperazine rings is 1. The topological polar surface area (TPSA) is 58.3 Å². The van der Waals surface area contributed by atoms with Gasteiger partial charge in [-0.3, -0.25) is 0 Å². The van der Waals surface area contributed by atoms with Gasteiger partial charge in [0.2, 0.25) is 0 Å². The van der Waals surface area contributed by atoms with Crippen molar-refractivity contribution in [1.82, 2.24) is 14.9 Å². The van der Waals surface area contributed by atoms with Crippen LogP contribution in [-0.2, 0) is 0 Å². The van der Waals surface area contributed by atoms with Crippen LogP contribution in [0.3, 0.4) is 0 Å². The van der Waals surface area contributed by atoms with Crippen molar-refractivity contribution in [3.63, 3.8) is 0 Å². The summed E-state index contributed by atoms with van der Waals surface area (Å²) in [4.78, 5) is 13.6. The number of benzene rings is 1. The zero-order valence-electron chi connectivity index (χ0n) is 14.2. The molecule has 122 valence electrons. The van der Waals surface area contributed by atoms with Crippen LogP contribution in [0.15, 0.2) is 24.5 Å². The van der Waals surface area contributed by atoms with E-state index in [9.17, 15) is 0 Å². The number of likely N-dealkylation sites (N-methyl/N-ethyl adjacent to an activating group) is 1. The number of anilines is 2. The third-order valence-electron chi connectivity index (χ3n) is 4.48. The van der Waals surface area contributed by atoms with Gasteiger partial charge in [0, 0.05) is 31.7 Å². The van der Waals surface area contributed by atoms with Crippen LogP contribution in [-0.4, -0.2) is 47.6 Å². The first-order chi connectivity index (χ1) is 11.1. The van der Waals surface area contributed by atoms with Crippen LogP contribution < -0.4 is 10.6 Å². The molecule has 1 aliphatic heterocycles. The zero-order chi connectivity index (χ0) is 16.4. The molecule has 23 heavy (non-hydrogen) atoms. The Morgan fingerprint density at radius 1 is 1.00 bits per heavy atom. The molecule has 1 fully saturated rings. The lowest BCUT2D eigenvalue weighted by Crippen LogP contribution is -2.46. The Morgan fingerprint density at radius 2 is 1.65 bits per heavy atom. The van der Waals surface area contributed by atoms with Crippen molar-refractivity contribution in [3.8, 4) is 11.3 Å².